The fraction of sp³-hybridized carbons (Fsp3) is 0.375. The average molecular weight is 430 g/mol. The topological polar surface area (TPSA) is 58.6 Å². The molecule has 2 aromatic rings. The van der Waals surface area contributed by atoms with E-state index in [0.29, 0.717) is 42.1 Å². The van der Waals surface area contributed by atoms with Crippen molar-refractivity contribution >= 4 is 23.1 Å². The standard InChI is InChI=1S/C24H25ClFNO3/c1-14-3-4-16(17-5-6-19(25)20(26)12-17)11-18(14)21-22(28)24(27-23(21)29)9-7-15(8-10-24)13-30-2/h3-6,11-12,15,28H,7-10,13H2,1-2H3,(H,27,29). The fourth-order valence-corrected chi connectivity index (χ4v) is 4.73. The number of carbonyl (C=O) groups excluding carboxylic acids is 1. The monoisotopic (exact) mass is 429 g/mol. The highest BCUT2D eigenvalue weighted by atomic mass is 35.5. The van der Waals surface area contributed by atoms with Gasteiger partial charge in [0.15, 0.2) is 0 Å². The zero-order valence-corrected chi connectivity index (χ0v) is 17.9. The summed E-state index contributed by atoms with van der Waals surface area (Å²) in [5.41, 5.74) is 2.55. The molecule has 2 aromatic carbocycles. The highest BCUT2D eigenvalue weighted by molar-refractivity contribution is 6.30. The number of hydrogen-bond donors (Lipinski definition) is 2. The number of ether oxygens (including phenoxy) is 1. The second-order valence-corrected chi connectivity index (χ2v) is 8.72. The van der Waals surface area contributed by atoms with Gasteiger partial charge in [0.05, 0.1) is 16.1 Å². The minimum atomic E-state index is -0.703. The molecule has 1 fully saturated rings. The molecule has 1 spiro atoms. The van der Waals surface area contributed by atoms with E-state index in [9.17, 15) is 14.3 Å². The maximum Gasteiger partial charge on any atom is 0.256 e. The molecule has 1 aliphatic carbocycles. The van der Waals surface area contributed by atoms with Gasteiger partial charge in [-0.2, -0.15) is 0 Å². The van der Waals surface area contributed by atoms with Crippen LogP contribution in [0.15, 0.2) is 42.2 Å². The molecule has 2 N–H and O–H groups in total. The summed E-state index contributed by atoms with van der Waals surface area (Å²) in [6.07, 6.45) is 3.13. The molecule has 1 heterocycles. The SMILES string of the molecule is COCC1CCC2(CC1)NC(=O)C(c1cc(-c3ccc(Cl)c(F)c3)ccc1C)=C2O. The largest absolute Gasteiger partial charge is 0.509 e. The van der Waals surface area contributed by atoms with Gasteiger partial charge in [-0.25, -0.2) is 4.39 Å². The molecule has 0 radical (unpaired) electrons. The maximum atomic E-state index is 13.9. The molecule has 0 saturated heterocycles. The number of methoxy groups -OCH3 is 1. The number of nitrogens with one attached hydrogen (secondary N) is 1. The smallest absolute Gasteiger partial charge is 0.256 e. The summed E-state index contributed by atoms with van der Waals surface area (Å²) in [5, 5.41) is 14.3. The first-order valence-corrected chi connectivity index (χ1v) is 10.5. The Morgan fingerprint density at radius 3 is 2.53 bits per heavy atom. The van der Waals surface area contributed by atoms with Gasteiger partial charge in [0.1, 0.15) is 11.6 Å². The van der Waals surface area contributed by atoms with E-state index < -0.39 is 11.4 Å². The highest BCUT2D eigenvalue weighted by Crippen LogP contribution is 2.44. The molecule has 4 rings (SSSR count). The first kappa shape index (κ1) is 20.9. The van der Waals surface area contributed by atoms with Gasteiger partial charge in [-0.3, -0.25) is 4.79 Å². The summed E-state index contributed by atoms with van der Waals surface area (Å²) in [4.78, 5) is 12.9. The van der Waals surface area contributed by atoms with Gasteiger partial charge < -0.3 is 15.2 Å². The number of rotatable bonds is 4. The number of amides is 1. The summed E-state index contributed by atoms with van der Waals surface area (Å²) in [6, 6.07) is 10.2. The molecule has 1 saturated carbocycles. The number of carbonyl (C=O) groups is 1. The van der Waals surface area contributed by atoms with Gasteiger partial charge in [0.25, 0.3) is 5.91 Å². The molecule has 1 amide bonds. The molecule has 1 aliphatic heterocycles. The van der Waals surface area contributed by atoms with Crippen molar-refractivity contribution in [2.75, 3.05) is 13.7 Å². The van der Waals surface area contributed by atoms with Gasteiger partial charge >= 0.3 is 0 Å². The number of hydrogen-bond acceptors (Lipinski definition) is 3. The Labute approximate surface area is 180 Å². The van der Waals surface area contributed by atoms with Crippen LogP contribution in [0.3, 0.4) is 0 Å². The Bertz CT molecular complexity index is 1030. The lowest BCUT2D eigenvalue weighted by molar-refractivity contribution is -0.116. The summed E-state index contributed by atoms with van der Waals surface area (Å²) in [6.45, 7) is 2.59. The normalized spacial score (nSPS) is 23.9. The first-order valence-electron chi connectivity index (χ1n) is 10.2. The molecule has 4 nitrogen and oxygen atoms in total. The lowest BCUT2D eigenvalue weighted by Crippen LogP contribution is -2.47. The van der Waals surface area contributed by atoms with Crippen LogP contribution in [0.4, 0.5) is 4.39 Å². The predicted molar refractivity (Wildman–Crippen MR) is 116 cm³/mol. The Morgan fingerprint density at radius 1 is 1.20 bits per heavy atom. The molecule has 0 atom stereocenters. The van der Waals surface area contributed by atoms with Crippen LogP contribution in [0.5, 0.6) is 0 Å². The van der Waals surface area contributed by atoms with Crippen LogP contribution in [0.1, 0.15) is 36.8 Å². The van der Waals surface area contributed by atoms with E-state index in [4.69, 9.17) is 16.3 Å². The molecular weight excluding hydrogens is 405 g/mol. The van der Waals surface area contributed by atoms with E-state index in [1.54, 1.807) is 13.2 Å². The predicted octanol–water partition coefficient (Wildman–Crippen LogP) is 5.43. The number of benzene rings is 2. The van der Waals surface area contributed by atoms with E-state index >= 15 is 0 Å². The van der Waals surface area contributed by atoms with Gasteiger partial charge in [0.2, 0.25) is 0 Å². The van der Waals surface area contributed by atoms with Crippen LogP contribution in [0, 0.1) is 18.7 Å². The van der Waals surface area contributed by atoms with Crippen molar-refractivity contribution in [1.29, 1.82) is 0 Å². The van der Waals surface area contributed by atoms with Crippen molar-refractivity contribution < 1.29 is 19.0 Å². The quantitative estimate of drug-likeness (QED) is 0.681. The molecule has 0 bridgehead atoms. The molecule has 2 aliphatic rings. The lowest BCUT2D eigenvalue weighted by atomic mass is 9.76. The van der Waals surface area contributed by atoms with E-state index in [0.717, 1.165) is 24.0 Å². The third kappa shape index (κ3) is 3.61. The lowest BCUT2D eigenvalue weighted by Gasteiger charge is -2.37. The second-order valence-electron chi connectivity index (χ2n) is 8.32. The fourth-order valence-electron chi connectivity index (χ4n) is 4.62. The zero-order valence-electron chi connectivity index (χ0n) is 17.1. The van der Waals surface area contributed by atoms with Crippen LogP contribution in [-0.2, 0) is 9.53 Å². The third-order valence-electron chi connectivity index (χ3n) is 6.39. The molecule has 158 valence electrons. The van der Waals surface area contributed by atoms with E-state index in [-0.39, 0.29) is 16.7 Å². The molecule has 30 heavy (non-hydrogen) atoms. The second kappa shape index (κ2) is 8.05. The number of halogens is 2. The van der Waals surface area contributed by atoms with Crippen molar-refractivity contribution in [2.24, 2.45) is 5.92 Å². The van der Waals surface area contributed by atoms with Crippen LogP contribution in [0.2, 0.25) is 5.02 Å². The van der Waals surface area contributed by atoms with Crippen molar-refractivity contribution in [2.45, 2.75) is 38.1 Å². The van der Waals surface area contributed by atoms with Gasteiger partial charge in [0, 0.05) is 13.7 Å². The van der Waals surface area contributed by atoms with Crippen LogP contribution in [-0.4, -0.2) is 30.3 Å². The molecule has 0 aromatic heterocycles. The minimum Gasteiger partial charge on any atom is -0.509 e. The zero-order chi connectivity index (χ0) is 21.5. The summed E-state index contributed by atoms with van der Waals surface area (Å²) < 4.78 is 19.2. The van der Waals surface area contributed by atoms with Gasteiger partial charge in [-0.1, -0.05) is 29.8 Å². The molecular formula is C24H25ClFNO3. The molecule has 0 unspecified atom stereocenters. The third-order valence-corrected chi connectivity index (χ3v) is 6.70. The van der Waals surface area contributed by atoms with Crippen LogP contribution in [0.25, 0.3) is 16.7 Å². The Kier molecular flexibility index (Phi) is 5.60. The number of aliphatic hydroxyl groups is 1. The van der Waals surface area contributed by atoms with Crippen molar-refractivity contribution in [3.05, 3.63) is 64.1 Å². The van der Waals surface area contributed by atoms with Crippen molar-refractivity contribution in [1.82, 2.24) is 5.32 Å². The van der Waals surface area contributed by atoms with E-state index in [1.165, 1.54) is 12.1 Å². The summed E-state index contributed by atoms with van der Waals surface area (Å²) in [5.74, 6) is -0.200. The van der Waals surface area contributed by atoms with Gasteiger partial charge in [-0.05, 0) is 79.0 Å². The summed E-state index contributed by atoms with van der Waals surface area (Å²) in [7, 11) is 1.69. The van der Waals surface area contributed by atoms with Gasteiger partial charge in [-0.15, -0.1) is 0 Å². The Morgan fingerprint density at radius 2 is 1.87 bits per heavy atom. The first-order chi connectivity index (χ1) is 14.3. The average Bonchev–Trinajstić information content (AvgIpc) is 2.96. The van der Waals surface area contributed by atoms with Crippen LogP contribution < -0.4 is 5.32 Å². The maximum absolute atomic E-state index is 13.9. The Hall–Kier alpha value is -2.37. The van der Waals surface area contributed by atoms with Crippen molar-refractivity contribution in [3.63, 3.8) is 0 Å². The number of aliphatic hydroxyl groups excluding tert-OH is 1. The number of aryl methyl sites for hydroxylation is 1. The van der Waals surface area contributed by atoms with E-state index in [2.05, 4.69) is 5.32 Å². The van der Waals surface area contributed by atoms with Crippen LogP contribution >= 0.6 is 11.6 Å². The molecule has 6 heteroatoms. The Balaban J connectivity index is 1.71. The van der Waals surface area contributed by atoms with Crippen molar-refractivity contribution in [3.8, 4) is 11.1 Å². The minimum absolute atomic E-state index is 0.0626. The summed E-state index contributed by atoms with van der Waals surface area (Å²) >= 11 is 5.80. The van der Waals surface area contributed by atoms with E-state index in [1.807, 2.05) is 25.1 Å². The highest BCUT2D eigenvalue weighted by Gasteiger charge is 2.48.